The first-order valence-electron chi connectivity index (χ1n) is 7.49. The molecule has 0 heterocycles. The smallest absolute Gasteiger partial charge is 0.229 e. The number of hydrogen-bond acceptors (Lipinski definition) is 4. The molecule has 4 unspecified atom stereocenters. The van der Waals surface area contributed by atoms with E-state index in [4.69, 9.17) is 10.9 Å². The van der Waals surface area contributed by atoms with Gasteiger partial charge >= 0.3 is 0 Å². The van der Waals surface area contributed by atoms with Gasteiger partial charge in [-0.1, -0.05) is 12.1 Å². The van der Waals surface area contributed by atoms with E-state index < -0.39 is 10.0 Å². The first-order valence-corrected chi connectivity index (χ1v) is 9.21. The van der Waals surface area contributed by atoms with Crippen LogP contribution in [-0.4, -0.2) is 20.4 Å². The molecular weight excluding hydrogens is 302 g/mol. The number of anilines is 1. The summed E-state index contributed by atoms with van der Waals surface area (Å²) in [4.78, 5) is 12.4. The van der Waals surface area contributed by atoms with E-state index in [2.05, 4.69) is 5.32 Å². The van der Waals surface area contributed by atoms with Crippen LogP contribution in [0.4, 0.5) is 5.69 Å². The second kappa shape index (κ2) is 5.64. The second-order valence-electron chi connectivity index (χ2n) is 6.43. The van der Waals surface area contributed by atoms with E-state index in [9.17, 15) is 13.2 Å². The van der Waals surface area contributed by atoms with Gasteiger partial charge in [-0.2, -0.15) is 0 Å². The van der Waals surface area contributed by atoms with Crippen LogP contribution < -0.4 is 16.2 Å². The summed E-state index contributed by atoms with van der Waals surface area (Å²) < 4.78 is 22.1. The van der Waals surface area contributed by atoms with Gasteiger partial charge in [0.1, 0.15) is 0 Å². The van der Waals surface area contributed by atoms with Gasteiger partial charge in [0.05, 0.1) is 11.7 Å². The zero-order valence-corrected chi connectivity index (χ0v) is 13.1. The molecule has 1 aromatic rings. The number of fused-ring (bicyclic) bond motifs is 2. The predicted octanol–water partition coefficient (Wildman–Crippen LogP) is 0.787. The molecule has 2 aliphatic carbocycles. The summed E-state index contributed by atoms with van der Waals surface area (Å²) >= 11 is 0. The highest BCUT2D eigenvalue weighted by Crippen LogP contribution is 2.47. The fraction of sp³-hybridized carbons (Fsp3) is 0.533. The maximum absolute atomic E-state index is 12.4. The Bertz CT molecular complexity index is 670. The zero-order chi connectivity index (χ0) is 15.9. The predicted molar refractivity (Wildman–Crippen MR) is 84.2 cm³/mol. The fourth-order valence-electron chi connectivity index (χ4n) is 3.87. The van der Waals surface area contributed by atoms with Crippen molar-refractivity contribution in [2.45, 2.75) is 31.1 Å². The summed E-state index contributed by atoms with van der Waals surface area (Å²) in [5.74, 6) is 0.541. The summed E-state index contributed by atoms with van der Waals surface area (Å²) in [6.07, 6.45) is 3.29. The molecule has 2 saturated carbocycles. The zero-order valence-electron chi connectivity index (χ0n) is 12.2. The molecule has 0 aromatic heterocycles. The normalized spacial score (nSPS) is 30.5. The van der Waals surface area contributed by atoms with Gasteiger partial charge in [0.25, 0.3) is 0 Å². The quantitative estimate of drug-likeness (QED) is 0.759. The van der Waals surface area contributed by atoms with E-state index in [0.717, 1.165) is 19.3 Å². The first kappa shape index (κ1) is 15.5. The number of nitrogens with two attached hydrogens (primary N) is 2. The molecule has 2 aliphatic rings. The molecule has 1 amide bonds. The van der Waals surface area contributed by atoms with Crippen molar-refractivity contribution in [3.8, 4) is 0 Å². The van der Waals surface area contributed by atoms with Gasteiger partial charge in [-0.25, -0.2) is 13.6 Å². The minimum Gasteiger partial charge on any atom is -0.327 e. The number of carbonyl (C=O) groups excluding carboxylic acids is 1. The van der Waals surface area contributed by atoms with Crippen LogP contribution in [0.2, 0.25) is 0 Å². The number of carbonyl (C=O) groups is 1. The number of primary sulfonamides is 1. The van der Waals surface area contributed by atoms with E-state index in [-0.39, 0.29) is 23.6 Å². The highest BCUT2D eigenvalue weighted by molar-refractivity contribution is 7.88. The molecule has 0 saturated heterocycles. The Hall–Kier alpha value is -1.44. The van der Waals surface area contributed by atoms with Gasteiger partial charge in [-0.3, -0.25) is 4.79 Å². The molecule has 2 fully saturated rings. The third-order valence-electron chi connectivity index (χ3n) is 4.87. The third-order valence-corrected chi connectivity index (χ3v) is 5.61. The SMILES string of the molecule is NC1C2CCC(C2)C1C(=O)Nc1ccc(CS(N)(=O)=O)cc1. The van der Waals surface area contributed by atoms with E-state index in [1.54, 1.807) is 24.3 Å². The van der Waals surface area contributed by atoms with Crippen molar-refractivity contribution < 1.29 is 13.2 Å². The van der Waals surface area contributed by atoms with Crippen LogP contribution >= 0.6 is 0 Å². The van der Waals surface area contributed by atoms with Gasteiger partial charge in [0.15, 0.2) is 0 Å². The highest BCUT2D eigenvalue weighted by atomic mass is 32.2. The van der Waals surface area contributed by atoms with Gasteiger partial charge in [0, 0.05) is 11.7 Å². The molecule has 0 radical (unpaired) electrons. The monoisotopic (exact) mass is 323 g/mol. The van der Waals surface area contributed by atoms with E-state index in [1.807, 2.05) is 0 Å². The summed E-state index contributed by atoms with van der Waals surface area (Å²) in [6.45, 7) is 0. The molecule has 0 spiro atoms. The number of amides is 1. The molecule has 1 aromatic carbocycles. The van der Waals surface area contributed by atoms with Crippen molar-refractivity contribution >= 4 is 21.6 Å². The van der Waals surface area contributed by atoms with Crippen LogP contribution in [0.15, 0.2) is 24.3 Å². The lowest BCUT2D eigenvalue weighted by Crippen LogP contribution is -2.42. The molecule has 3 rings (SSSR count). The molecular formula is C15H21N3O3S. The number of rotatable bonds is 4. The maximum atomic E-state index is 12.4. The second-order valence-corrected chi connectivity index (χ2v) is 8.04. The minimum atomic E-state index is -3.54. The van der Waals surface area contributed by atoms with Crippen LogP contribution in [-0.2, 0) is 20.6 Å². The number of hydrogen-bond donors (Lipinski definition) is 3. The molecule has 120 valence electrons. The Balaban J connectivity index is 1.65. The van der Waals surface area contributed by atoms with Gasteiger partial charge in [0.2, 0.25) is 15.9 Å². The molecule has 2 bridgehead atoms. The minimum absolute atomic E-state index is 0.0288. The lowest BCUT2D eigenvalue weighted by Gasteiger charge is -2.27. The van der Waals surface area contributed by atoms with E-state index in [0.29, 0.717) is 23.1 Å². The van der Waals surface area contributed by atoms with Crippen molar-refractivity contribution in [2.75, 3.05) is 5.32 Å². The molecule has 5 N–H and O–H groups in total. The summed E-state index contributed by atoms with van der Waals surface area (Å²) in [6, 6.07) is 6.65. The molecule has 7 heteroatoms. The van der Waals surface area contributed by atoms with Crippen molar-refractivity contribution in [1.82, 2.24) is 0 Å². The van der Waals surface area contributed by atoms with Crippen LogP contribution in [0.3, 0.4) is 0 Å². The number of sulfonamides is 1. The lowest BCUT2D eigenvalue weighted by molar-refractivity contribution is -0.121. The Kier molecular flexibility index (Phi) is 3.96. The van der Waals surface area contributed by atoms with Crippen molar-refractivity contribution in [1.29, 1.82) is 0 Å². The summed E-state index contributed by atoms with van der Waals surface area (Å²) in [5, 5.41) is 7.90. The standard InChI is InChI=1S/C15H21N3O3S/c16-14-11-4-3-10(7-11)13(14)15(19)18-12-5-1-9(2-6-12)8-22(17,20)21/h1-2,5-6,10-11,13-14H,3-4,7-8,16H2,(H,18,19)(H2,17,20,21). The van der Waals surface area contributed by atoms with Gasteiger partial charge < -0.3 is 11.1 Å². The van der Waals surface area contributed by atoms with Crippen LogP contribution in [0.25, 0.3) is 0 Å². The molecule has 6 nitrogen and oxygen atoms in total. The Morgan fingerprint density at radius 1 is 1.18 bits per heavy atom. The molecule has 4 atom stereocenters. The van der Waals surface area contributed by atoms with Crippen LogP contribution in [0.5, 0.6) is 0 Å². The van der Waals surface area contributed by atoms with Crippen molar-refractivity contribution in [3.05, 3.63) is 29.8 Å². The van der Waals surface area contributed by atoms with Crippen LogP contribution in [0, 0.1) is 17.8 Å². The van der Waals surface area contributed by atoms with Crippen molar-refractivity contribution in [3.63, 3.8) is 0 Å². The summed E-state index contributed by atoms with van der Waals surface area (Å²) in [7, 11) is -3.54. The maximum Gasteiger partial charge on any atom is 0.229 e. The van der Waals surface area contributed by atoms with Crippen molar-refractivity contribution in [2.24, 2.45) is 28.6 Å². The fourth-order valence-corrected chi connectivity index (χ4v) is 4.52. The van der Waals surface area contributed by atoms with Crippen LogP contribution in [0.1, 0.15) is 24.8 Å². The van der Waals surface area contributed by atoms with E-state index in [1.165, 1.54) is 0 Å². The lowest BCUT2D eigenvalue weighted by atomic mass is 9.84. The number of nitrogens with one attached hydrogen (secondary N) is 1. The highest BCUT2D eigenvalue weighted by Gasteiger charge is 2.49. The third kappa shape index (κ3) is 3.16. The first-order chi connectivity index (χ1) is 10.3. The Labute approximate surface area is 130 Å². The number of benzene rings is 1. The average Bonchev–Trinajstić information content (AvgIpc) is 3.00. The molecule has 0 aliphatic heterocycles. The topological polar surface area (TPSA) is 115 Å². The van der Waals surface area contributed by atoms with E-state index >= 15 is 0 Å². The Morgan fingerprint density at radius 3 is 2.36 bits per heavy atom. The van der Waals surface area contributed by atoms with Gasteiger partial charge in [-0.15, -0.1) is 0 Å². The largest absolute Gasteiger partial charge is 0.327 e. The molecule has 22 heavy (non-hydrogen) atoms. The summed E-state index contributed by atoms with van der Waals surface area (Å²) in [5.41, 5.74) is 7.42. The Morgan fingerprint density at radius 2 is 1.82 bits per heavy atom. The van der Waals surface area contributed by atoms with Gasteiger partial charge in [-0.05, 0) is 48.8 Å². The average molecular weight is 323 g/mol.